The Morgan fingerprint density at radius 2 is 1.66 bits per heavy atom. The number of nitrogens with zero attached hydrogens (tertiary/aromatic N) is 2. The first-order valence-corrected chi connectivity index (χ1v) is 14.2. The van der Waals surface area contributed by atoms with Crippen molar-refractivity contribution >= 4 is 37.3 Å². The summed E-state index contributed by atoms with van der Waals surface area (Å²) in [5.41, 5.74) is 2.97. The number of rotatable bonds is 8. The van der Waals surface area contributed by atoms with Crippen LogP contribution in [0.4, 0.5) is 11.4 Å². The van der Waals surface area contributed by atoms with Crippen molar-refractivity contribution in [3.8, 4) is 5.75 Å². The number of aryl methyl sites for hydroxylation is 3. The van der Waals surface area contributed by atoms with E-state index in [9.17, 15) is 21.6 Å². The van der Waals surface area contributed by atoms with Gasteiger partial charge in [0.25, 0.3) is 0 Å². The number of methoxy groups -OCH3 is 1. The van der Waals surface area contributed by atoms with Crippen LogP contribution in [0, 0.1) is 20.8 Å². The van der Waals surface area contributed by atoms with Gasteiger partial charge in [-0.2, -0.15) is 4.31 Å². The molecule has 1 saturated heterocycles. The van der Waals surface area contributed by atoms with Crippen molar-refractivity contribution in [3.63, 3.8) is 0 Å². The average Bonchev–Trinajstić information content (AvgIpc) is 2.77. The molecule has 0 atom stereocenters. The predicted molar refractivity (Wildman–Crippen MR) is 134 cm³/mol. The van der Waals surface area contributed by atoms with Crippen LogP contribution < -0.4 is 14.4 Å². The molecule has 2 aromatic rings. The van der Waals surface area contributed by atoms with E-state index in [2.05, 4.69) is 5.32 Å². The van der Waals surface area contributed by atoms with Crippen LogP contribution in [0.2, 0.25) is 0 Å². The number of benzene rings is 2. The summed E-state index contributed by atoms with van der Waals surface area (Å²) in [6.07, 6.45) is 1.04. The fourth-order valence-corrected chi connectivity index (χ4v) is 6.54. The molecule has 0 aromatic heterocycles. The van der Waals surface area contributed by atoms with Gasteiger partial charge in [-0.15, -0.1) is 0 Å². The van der Waals surface area contributed by atoms with Gasteiger partial charge < -0.3 is 14.8 Å². The van der Waals surface area contributed by atoms with Gasteiger partial charge in [-0.05, 0) is 50.1 Å². The minimum absolute atomic E-state index is 0.0132. The molecule has 0 unspecified atom stereocenters. The molecule has 1 amide bonds. The summed E-state index contributed by atoms with van der Waals surface area (Å²) in [5.74, 6) is -0.401. The minimum atomic E-state index is -3.81. The first-order chi connectivity index (χ1) is 16.3. The molecule has 10 nitrogen and oxygen atoms in total. The number of carbonyl (C=O) groups excluding carboxylic acids is 1. The van der Waals surface area contributed by atoms with Crippen molar-refractivity contribution in [3.05, 3.63) is 47.0 Å². The molecule has 1 aliphatic rings. The molecule has 1 N–H and O–H groups in total. The van der Waals surface area contributed by atoms with Crippen molar-refractivity contribution in [2.24, 2.45) is 0 Å². The standard InChI is InChI=1S/C23H31N3O7S2/c1-16-12-17(2)23(18(3)13-16)26(34(5,28)29)15-22(27)24-20-14-19(6-7-21(20)32-4)35(30,31)25-8-10-33-11-9-25/h6-7,12-14H,8-11,15H2,1-5H3,(H,24,27). The molecule has 1 heterocycles. The van der Waals surface area contributed by atoms with Crippen molar-refractivity contribution in [1.82, 2.24) is 4.31 Å². The lowest BCUT2D eigenvalue weighted by atomic mass is 10.1. The number of anilines is 2. The van der Waals surface area contributed by atoms with Gasteiger partial charge in [-0.25, -0.2) is 16.8 Å². The molecule has 0 bridgehead atoms. The van der Waals surface area contributed by atoms with E-state index < -0.39 is 32.5 Å². The van der Waals surface area contributed by atoms with Crippen LogP contribution in [0.3, 0.4) is 0 Å². The zero-order valence-corrected chi connectivity index (χ0v) is 22.1. The van der Waals surface area contributed by atoms with E-state index in [1.54, 1.807) is 13.8 Å². The Morgan fingerprint density at radius 3 is 2.20 bits per heavy atom. The van der Waals surface area contributed by atoms with Gasteiger partial charge in [0.05, 0.1) is 42.8 Å². The summed E-state index contributed by atoms with van der Waals surface area (Å²) in [5, 5.41) is 2.62. The third-order valence-electron chi connectivity index (χ3n) is 5.63. The highest BCUT2D eigenvalue weighted by atomic mass is 32.2. The van der Waals surface area contributed by atoms with Gasteiger partial charge >= 0.3 is 0 Å². The van der Waals surface area contributed by atoms with Crippen LogP contribution in [0.15, 0.2) is 35.2 Å². The Labute approximate surface area is 206 Å². The average molecular weight is 526 g/mol. The number of hydrogen-bond donors (Lipinski definition) is 1. The maximum absolute atomic E-state index is 13.1. The highest BCUT2D eigenvalue weighted by Gasteiger charge is 2.28. The predicted octanol–water partition coefficient (Wildman–Crippen LogP) is 2.05. The number of nitrogens with one attached hydrogen (secondary N) is 1. The van der Waals surface area contributed by atoms with Crippen LogP contribution in [0.25, 0.3) is 0 Å². The van der Waals surface area contributed by atoms with E-state index in [4.69, 9.17) is 9.47 Å². The number of carbonyl (C=O) groups is 1. The highest BCUT2D eigenvalue weighted by Crippen LogP contribution is 2.31. The van der Waals surface area contributed by atoms with Crippen LogP contribution in [0.5, 0.6) is 5.75 Å². The molecule has 35 heavy (non-hydrogen) atoms. The van der Waals surface area contributed by atoms with Gasteiger partial charge in [0.15, 0.2) is 0 Å². The molecular weight excluding hydrogens is 494 g/mol. The van der Waals surface area contributed by atoms with Gasteiger partial charge in [0, 0.05) is 13.1 Å². The second kappa shape index (κ2) is 10.5. The van der Waals surface area contributed by atoms with E-state index in [0.29, 0.717) is 18.9 Å². The smallest absolute Gasteiger partial charge is 0.245 e. The third kappa shape index (κ3) is 6.13. The number of sulfonamides is 2. The van der Waals surface area contributed by atoms with Crippen molar-refractivity contribution in [2.45, 2.75) is 25.7 Å². The number of amides is 1. The first-order valence-electron chi connectivity index (χ1n) is 11.0. The fourth-order valence-electron chi connectivity index (χ4n) is 4.13. The molecule has 192 valence electrons. The second-order valence-corrected chi connectivity index (χ2v) is 12.3. The molecule has 0 spiro atoms. The molecule has 0 radical (unpaired) electrons. The molecular formula is C23H31N3O7S2. The lowest BCUT2D eigenvalue weighted by Gasteiger charge is -2.27. The maximum Gasteiger partial charge on any atom is 0.245 e. The topological polar surface area (TPSA) is 122 Å². The molecule has 12 heteroatoms. The largest absolute Gasteiger partial charge is 0.495 e. The summed E-state index contributed by atoms with van der Waals surface area (Å²) in [6.45, 7) is 6.06. The molecule has 2 aromatic carbocycles. The van der Waals surface area contributed by atoms with Gasteiger partial charge in [0.2, 0.25) is 26.0 Å². The molecule has 1 fully saturated rings. The van der Waals surface area contributed by atoms with E-state index in [1.165, 1.54) is 29.6 Å². The summed E-state index contributed by atoms with van der Waals surface area (Å²) in [6, 6.07) is 7.87. The van der Waals surface area contributed by atoms with Crippen LogP contribution in [0.1, 0.15) is 16.7 Å². The maximum atomic E-state index is 13.1. The highest BCUT2D eigenvalue weighted by molar-refractivity contribution is 7.92. The SMILES string of the molecule is COc1ccc(S(=O)(=O)N2CCOCC2)cc1NC(=O)CN(c1c(C)cc(C)cc1C)S(C)(=O)=O. The van der Waals surface area contributed by atoms with Gasteiger partial charge in [-0.3, -0.25) is 9.10 Å². The summed E-state index contributed by atoms with van der Waals surface area (Å²) < 4.78 is 64.2. The lowest BCUT2D eigenvalue weighted by molar-refractivity contribution is -0.114. The molecule has 1 aliphatic heterocycles. The third-order valence-corrected chi connectivity index (χ3v) is 8.63. The Bertz CT molecular complexity index is 1300. The van der Waals surface area contributed by atoms with Crippen molar-refractivity contribution in [2.75, 3.05) is 55.8 Å². The van der Waals surface area contributed by atoms with Crippen LogP contribution in [-0.2, 0) is 29.6 Å². The monoisotopic (exact) mass is 525 g/mol. The zero-order valence-electron chi connectivity index (χ0n) is 20.5. The number of ether oxygens (including phenoxy) is 2. The van der Waals surface area contributed by atoms with Crippen molar-refractivity contribution < 1.29 is 31.1 Å². The normalized spacial score (nSPS) is 15.0. The quantitative estimate of drug-likeness (QED) is 0.560. The minimum Gasteiger partial charge on any atom is -0.495 e. The van der Waals surface area contributed by atoms with Gasteiger partial charge in [0.1, 0.15) is 12.3 Å². The van der Waals surface area contributed by atoms with E-state index in [0.717, 1.165) is 27.3 Å². The number of hydrogen-bond acceptors (Lipinski definition) is 7. The van der Waals surface area contributed by atoms with Crippen molar-refractivity contribution in [1.29, 1.82) is 0 Å². The summed E-state index contributed by atoms with van der Waals surface area (Å²) in [4.78, 5) is 13.0. The Hall–Kier alpha value is -2.67. The summed E-state index contributed by atoms with van der Waals surface area (Å²) in [7, 11) is -6.22. The van der Waals surface area contributed by atoms with E-state index in [1.807, 2.05) is 19.1 Å². The second-order valence-electron chi connectivity index (χ2n) is 8.44. The number of morpholine rings is 1. The molecule has 3 rings (SSSR count). The molecule has 0 aliphatic carbocycles. The van der Waals surface area contributed by atoms with E-state index >= 15 is 0 Å². The Morgan fingerprint density at radius 1 is 1.06 bits per heavy atom. The van der Waals surface area contributed by atoms with Crippen LogP contribution in [-0.4, -0.2) is 73.3 Å². The Balaban J connectivity index is 1.91. The Kier molecular flexibility index (Phi) is 8.10. The fraction of sp³-hybridized carbons (Fsp3) is 0.435. The summed E-state index contributed by atoms with van der Waals surface area (Å²) >= 11 is 0. The molecule has 0 saturated carbocycles. The van der Waals surface area contributed by atoms with E-state index in [-0.39, 0.29) is 29.4 Å². The first kappa shape index (κ1) is 26.9. The van der Waals surface area contributed by atoms with Gasteiger partial charge in [-0.1, -0.05) is 17.7 Å². The lowest BCUT2D eigenvalue weighted by Crippen LogP contribution is -2.40. The zero-order chi connectivity index (χ0) is 26.0. The van der Waals surface area contributed by atoms with Crippen LogP contribution >= 0.6 is 0 Å².